The molecule has 0 unspecified atom stereocenters. The fraction of sp³-hybridized carbons (Fsp3) is 0. The molecule has 0 saturated carbocycles. The molecule has 0 spiro atoms. The molecule has 0 N–H and O–H groups in total. The van der Waals surface area contributed by atoms with Gasteiger partial charge in [0.1, 0.15) is 16.7 Å². The second kappa shape index (κ2) is 8.99. The molecule has 0 atom stereocenters. The number of hydrogen-bond acceptors (Lipinski definition) is 6. The minimum Gasteiger partial charge on any atom is -0.456 e. The van der Waals surface area contributed by atoms with E-state index < -0.39 is 0 Å². The maximum Gasteiger partial charge on any atom is 0.227 e. The molecule has 5 aromatic carbocycles. The van der Waals surface area contributed by atoms with E-state index in [4.69, 9.17) is 28.8 Å². The molecule has 188 valence electrons. The van der Waals surface area contributed by atoms with E-state index >= 15 is 0 Å². The van der Waals surface area contributed by atoms with E-state index in [0.29, 0.717) is 28.9 Å². The smallest absolute Gasteiger partial charge is 0.227 e. The first kappa shape index (κ1) is 22.4. The molecule has 0 aliphatic rings. The highest BCUT2D eigenvalue weighted by Crippen LogP contribution is 2.39. The summed E-state index contributed by atoms with van der Waals surface area (Å²) in [5.41, 5.74) is 6.52. The van der Waals surface area contributed by atoms with E-state index in [1.54, 1.807) is 0 Å². The summed E-state index contributed by atoms with van der Waals surface area (Å²) < 4.78 is 12.5. The van der Waals surface area contributed by atoms with Crippen LogP contribution in [0.15, 0.2) is 130 Å². The molecule has 40 heavy (non-hydrogen) atoms. The lowest BCUT2D eigenvalue weighted by Gasteiger charge is -2.09. The first-order valence-electron chi connectivity index (χ1n) is 13.0. The number of fused-ring (bicyclic) bond motifs is 4. The van der Waals surface area contributed by atoms with Crippen molar-refractivity contribution in [1.29, 1.82) is 0 Å². The number of benzene rings is 5. The summed E-state index contributed by atoms with van der Waals surface area (Å²) in [5, 5.41) is 1.83. The van der Waals surface area contributed by atoms with E-state index in [1.807, 2.05) is 121 Å². The quantitative estimate of drug-likeness (QED) is 0.233. The Balaban J connectivity index is 1.36. The molecular formula is C34H20N4O2. The van der Waals surface area contributed by atoms with Crippen LogP contribution in [-0.4, -0.2) is 19.9 Å². The van der Waals surface area contributed by atoms with E-state index in [0.717, 1.165) is 49.7 Å². The second-order valence-electron chi connectivity index (χ2n) is 9.52. The summed E-state index contributed by atoms with van der Waals surface area (Å²) in [6, 6.07) is 39.7. The maximum atomic E-state index is 6.31. The molecule has 0 radical (unpaired) electrons. The lowest BCUT2D eigenvalue weighted by atomic mass is 10.0. The number of aromatic nitrogens is 4. The minimum atomic E-state index is 0.573. The minimum absolute atomic E-state index is 0.573. The lowest BCUT2D eigenvalue weighted by molar-refractivity contribution is 0.620. The van der Waals surface area contributed by atoms with Gasteiger partial charge in [-0.3, -0.25) is 0 Å². The molecule has 0 amide bonds. The molecule has 0 aliphatic heterocycles. The van der Waals surface area contributed by atoms with Crippen molar-refractivity contribution in [2.24, 2.45) is 0 Å². The largest absolute Gasteiger partial charge is 0.456 e. The monoisotopic (exact) mass is 516 g/mol. The molecule has 8 rings (SSSR count). The fourth-order valence-corrected chi connectivity index (χ4v) is 5.07. The van der Waals surface area contributed by atoms with Crippen LogP contribution in [0.5, 0.6) is 0 Å². The zero-order valence-corrected chi connectivity index (χ0v) is 21.2. The third kappa shape index (κ3) is 3.74. The van der Waals surface area contributed by atoms with Gasteiger partial charge in [0.05, 0.1) is 0 Å². The molecule has 6 heteroatoms. The Morgan fingerprint density at radius 1 is 0.425 bits per heavy atom. The van der Waals surface area contributed by atoms with Gasteiger partial charge in [-0.1, -0.05) is 91.0 Å². The first-order valence-corrected chi connectivity index (χ1v) is 13.0. The molecule has 3 heterocycles. The molecule has 0 fully saturated rings. The predicted octanol–water partition coefficient (Wildman–Crippen LogP) is 8.58. The molecule has 0 aliphatic carbocycles. The molecule has 0 saturated heterocycles. The predicted molar refractivity (Wildman–Crippen MR) is 156 cm³/mol. The fourth-order valence-electron chi connectivity index (χ4n) is 5.07. The lowest BCUT2D eigenvalue weighted by Crippen LogP contribution is -2.00. The van der Waals surface area contributed by atoms with Crippen molar-refractivity contribution in [2.45, 2.75) is 0 Å². The van der Waals surface area contributed by atoms with E-state index in [1.165, 1.54) is 0 Å². The normalized spacial score (nSPS) is 11.5. The third-order valence-electron chi connectivity index (χ3n) is 6.97. The van der Waals surface area contributed by atoms with E-state index in [9.17, 15) is 0 Å². The van der Waals surface area contributed by atoms with Crippen LogP contribution < -0.4 is 0 Å². The summed E-state index contributed by atoms with van der Waals surface area (Å²) >= 11 is 0. The summed E-state index contributed by atoms with van der Waals surface area (Å²) in [7, 11) is 0. The Morgan fingerprint density at radius 2 is 1.02 bits per heavy atom. The van der Waals surface area contributed by atoms with Gasteiger partial charge in [-0.05, 0) is 24.3 Å². The van der Waals surface area contributed by atoms with Crippen LogP contribution in [0, 0.1) is 0 Å². The highest BCUT2D eigenvalue weighted by molar-refractivity contribution is 6.14. The van der Waals surface area contributed by atoms with Crippen molar-refractivity contribution >= 4 is 33.0 Å². The molecule has 8 aromatic rings. The Kier molecular flexibility index (Phi) is 5.03. The van der Waals surface area contributed by atoms with Gasteiger partial charge < -0.3 is 8.83 Å². The first-order chi connectivity index (χ1) is 19.8. The Labute approximate surface area is 228 Å². The van der Waals surface area contributed by atoms with Gasteiger partial charge in [0.2, 0.25) is 5.89 Å². The van der Waals surface area contributed by atoms with Crippen molar-refractivity contribution in [2.75, 3.05) is 0 Å². The van der Waals surface area contributed by atoms with Crippen LogP contribution in [0.2, 0.25) is 0 Å². The Bertz CT molecular complexity index is 2090. The van der Waals surface area contributed by atoms with Gasteiger partial charge >= 0.3 is 0 Å². The van der Waals surface area contributed by atoms with Gasteiger partial charge in [0.25, 0.3) is 0 Å². The molecule has 3 aromatic heterocycles. The van der Waals surface area contributed by atoms with Crippen LogP contribution in [-0.2, 0) is 0 Å². The van der Waals surface area contributed by atoms with Crippen molar-refractivity contribution in [3.8, 4) is 45.6 Å². The molecular weight excluding hydrogens is 496 g/mol. The highest BCUT2D eigenvalue weighted by atomic mass is 16.4. The zero-order chi connectivity index (χ0) is 26.5. The zero-order valence-electron chi connectivity index (χ0n) is 21.2. The van der Waals surface area contributed by atoms with Crippen molar-refractivity contribution < 1.29 is 8.83 Å². The summed E-state index contributed by atoms with van der Waals surface area (Å²) in [6.45, 7) is 0. The van der Waals surface area contributed by atoms with Crippen molar-refractivity contribution in [1.82, 2.24) is 19.9 Å². The number of hydrogen-bond donors (Lipinski definition) is 0. The van der Waals surface area contributed by atoms with E-state index in [2.05, 4.69) is 0 Å². The number of nitrogens with zero attached hydrogens (tertiary/aromatic N) is 4. The van der Waals surface area contributed by atoms with Gasteiger partial charge in [-0.25, -0.2) is 19.9 Å². The number of oxazole rings is 1. The van der Waals surface area contributed by atoms with Gasteiger partial charge in [-0.15, -0.1) is 0 Å². The van der Waals surface area contributed by atoms with Gasteiger partial charge in [0.15, 0.2) is 23.1 Å². The van der Waals surface area contributed by atoms with Crippen molar-refractivity contribution in [3.05, 3.63) is 121 Å². The Hall–Kier alpha value is -5.62. The maximum absolute atomic E-state index is 6.31. The van der Waals surface area contributed by atoms with Crippen LogP contribution in [0.4, 0.5) is 0 Å². The van der Waals surface area contributed by atoms with Crippen LogP contribution in [0.1, 0.15) is 0 Å². The average Bonchev–Trinajstić information content (AvgIpc) is 3.61. The second-order valence-corrected chi connectivity index (χ2v) is 9.52. The number of furan rings is 1. The topological polar surface area (TPSA) is 77.8 Å². The average molecular weight is 517 g/mol. The van der Waals surface area contributed by atoms with Gasteiger partial charge in [-0.2, -0.15) is 0 Å². The summed E-state index contributed by atoms with van der Waals surface area (Å²) in [6.07, 6.45) is 0. The van der Waals surface area contributed by atoms with Crippen LogP contribution in [0.25, 0.3) is 78.7 Å². The molecule has 0 bridgehead atoms. The van der Waals surface area contributed by atoms with E-state index in [-0.39, 0.29) is 0 Å². The van der Waals surface area contributed by atoms with Crippen LogP contribution >= 0.6 is 0 Å². The summed E-state index contributed by atoms with van der Waals surface area (Å²) in [4.78, 5) is 19.4. The standard InChI is InChI=1S/C34H20N4O2/c1-4-11-21(12-5-1)31-36-32(22-13-6-2-7-14-22)38-33(37-31)24-17-10-18-27-30(24)25-19-29-26(20-28(25)39-27)35-34(40-29)23-15-8-3-9-16-23/h1-20H. The third-order valence-corrected chi connectivity index (χ3v) is 6.97. The van der Waals surface area contributed by atoms with Crippen molar-refractivity contribution in [3.63, 3.8) is 0 Å². The number of rotatable bonds is 4. The van der Waals surface area contributed by atoms with Gasteiger partial charge in [0, 0.05) is 39.1 Å². The van der Waals surface area contributed by atoms with Crippen LogP contribution in [0.3, 0.4) is 0 Å². The highest BCUT2D eigenvalue weighted by Gasteiger charge is 2.19. The Morgan fingerprint density at radius 3 is 1.68 bits per heavy atom. The molecule has 6 nitrogen and oxygen atoms in total. The summed E-state index contributed by atoms with van der Waals surface area (Å²) in [5.74, 6) is 2.37. The SMILES string of the molecule is c1ccc(-c2nc(-c3ccccc3)nc(-c3cccc4oc5cc6nc(-c7ccccc7)oc6cc5c34)n2)cc1.